The van der Waals surface area contributed by atoms with Crippen LogP contribution in [0.2, 0.25) is 0 Å². The van der Waals surface area contributed by atoms with E-state index < -0.39 is 7.92 Å². The lowest BCUT2D eigenvalue weighted by Crippen LogP contribution is -2.45. The maximum absolute atomic E-state index is 2.97. The van der Waals surface area contributed by atoms with Crippen LogP contribution >= 0.6 is 7.92 Å². The van der Waals surface area contributed by atoms with E-state index in [1.807, 2.05) is 0 Å². The van der Waals surface area contributed by atoms with Gasteiger partial charge in [-0.15, -0.1) is 0 Å². The van der Waals surface area contributed by atoms with Crippen LogP contribution < -0.4 is 20.8 Å². The third-order valence-electron chi connectivity index (χ3n) is 10.5. The molecule has 0 unspecified atom stereocenters. The highest BCUT2D eigenvalue weighted by atomic mass is 31.1. The molecule has 0 saturated heterocycles. The molecule has 0 bridgehead atoms. The summed E-state index contributed by atoms with van der Waals surface area (Å²) in [6.45, 7) is 0. The number of nitrogens with zero attached hydrogens (tertiary/aromatic N) is 1. The van der Waals surface area contributed by atoms with E-state index in [1.165, 1.54) is 118 Å². The highest BCUT2D eigenvalue weighted by molar-refractivity contribution is 7.80. The van der Waals surface area contributed by atoms with Gasteiger partial charge in [-0.05, 0) is 77.1 Å². The second kappa shape index (κ2) is 13.4. The zero-order valence-corrected chi connectivity index (χ0v) is 27.7. The Morgan fingerprint density at radius 2 is 0.870 bits per heavy atom. The molecule has 0 atom stereocenters. The zero-order chi connectivity index (χ0) is 30.7. The molecule has 2 saturated carbocycles. The summed E-state index contributed by atoms with van der Waals surface area (Å²) in [7, 11) is -0.798. The molecule has 0 radical (unpaired) electrons. The Labute approximate surface area is 276 Å². The van der Waals surface area contributed by atoms with Gasteiger partial charge in [-0.25, -0.2) is 0 Å². The first-order valence-electron chi connectivity index (χ1n) is 17.6. The van der Waals surface area contributed by atoms with Gasteiger partial charge in [-0.3, -0.25) is 0 Å². The first kappa shape index (κ1) is 29.5. The minimum Gasteiger partial charge on any atom is -0.365 e. The summed E-state index contributed by atoms with van der Waals surface area (Å²) in [6, 6.07) is 51.8. The van der Waals surface area contributed by atoms with Crippen LogP contribution in [0.4, 0.5) is 5.69 Å². The Balaban J connectivity index is 1.46. The van der Waals surface area contributed by atoms with Crippen molar-refractivity contribution in [3.05, 3.63) is 133 Å². The van der Waals surface area contributed by atoms with Gasteiger partial charge >= 0.3 is 0 Å². The van der Waals surface area contributed by atoms with Crippen LogP contribution in [0.25, 0.3) is 32.7 Å². The predicted octanol–water partition coefficient (Wildman–Crippen LogP) is 10.9. The second-order valence-electron chi connectivity index (χ2n) is 13.4. The molecule has 230 valence electrons. The molecule has 0 amide bonds. The number of fused-ring (bicyclic) bond motifs is 2. The topological polar surface area (TPSA) is 3.24 Å². The average Bonchev–Trinajstić information content (AvgIpc) is 3.14. The van der Waals surface area contributed by atoms with E-state index >= 15 is 0 Å². The van der Waals surface area contributed by atoms with Crippen LogP contribution in [0.5, 0.6) is 0 Å². The van der Waals surface area contributed by atoms with E-state index in [4.69, 9.17) is 0 Å². The average molecular weight is 618 g/mol. The van der Waals surface area contributed by atoms with Crippen molar-refractivity contribution in [2.75, 3.05) is 4.90 Å². The van der Waals surface area contributed by atoms with E-state index in [0.717, 1.165) is 0 Å². The fourth-order valence-electron chi connectivity index (χ4n) is 8.44. The summed E-state index contributed by atoms with van der Waals surface area (Å²) in [5.41, 5.74) is 4.34. The summed E-state index contributed by atoms with van der Waals surface area (Å²) >= 11 is 0. The zero-order valence-electron chi connectivity index (χ0n) is 26.8. The second-order valence-corrected chi connectivity index (χ2v) is 15.5. The molecule has 6 aromatic carbocycles. The lowest BCUT2D eigenvalue weighted by molar-refractivity contribution is 0.340. The van der Waals surface area contributed by atoms with Gasteiger partial charge < -0.3 is 4.90 Å². The third kappa shape index (κ3) is 5.65. The molecule has 2 heteroatoms. The lowest BCUT2D eigenvalue weighted by Gasteiger charge is -2.44. The van der Waals surface area contributed by atoms with Crippen molar-refractivity contribution < 1.29 is 0 Å². The quantitative estimate of drug-likeness (QED) is 0.161. The molecule has 8 rings (SSSR count). The van der Waals surface area contributed by atoms with Crippen LogP contribution in [0, 0.1) is 0 Å². The van der Waals surface area contributed by atoms with Gasteiger partial charge in [-0.1, -0.05) is 166 Å². The van der Waals surface area contributed by atoms with E-state index in [9.17, 15) is 0 Å². The molecule has 46 heavy (non-hydrogen) atoms. The standard InChI is InChI=1S/C44H44NP/c1-5-19-35(20-6-1)45(36-21-7-2-8-22-36)41-31-29-33-17-13-15-27-39(33)43(41)44-40-28-16-14-18-34(40)30-32-42(44)46(37-23-9-3-10-24-37)38-25-11-4-12-26-38/h3-4,9-18,23-32,35-36H,1-2,5-8,19-22H2. The summed E-state index contributed by atoms with van der Waals surface area (Å²) in [4.78, 5) is 2.97. The van der Waals surface area contributed by atoms with E-state index in [1.54, 1.807) is 0 Å². The molecular formula is C44H44NP. The third-order valence-corrected chi connectivity index (χ3v) is 13.0. The van der Waals surface area contributed by atoms with Crippen molar-refractivity contribution in [3.8, 4) is 11.1 Å². The Morgan fingerprint density at radius 3 is 1.41 bits per heavy atom. The number of benzene rings is 6. The van der Waals surface area contributed by atoms with Crippen LogP contribution in [0.1, 0.15) is 64.2 Å². The largest absolute Gasteiger partial charge is 0.365 e. The molecule has 2 fully saturated rings. The molecule has 0 heterocycles. The Kier molecular flexibility index (Phi) is 8.60. The minimum absolute atomic E-state index is 0.611. The van der Waals surface area contributed by atoms with Crippen molar-refractivity contribution >= 4 is 51.1 Å². The maximum atomic E-state index is 2.97. The van der Waals surface area contributed by atoms with Crippen LogP contribution in [-0.4, -0.2) is 12.1 Å². The molecule has 6 aromatic rings. The number of hydrogen-bond acceptors (Lipinski definition) is 1. The van der Waals surface area contributed by atoms with Gasteiger partial charge in [0.05, 0.1) is 0 Å². The molecule has 0 aliphatic heterocycles. The molecule has 2 aliphatic rings. The Morgan fingerprint density at radius 1 is 0.413 bits per heavy atom. The summed E-state index contributed by atoms with van der Waals surface area (Å²) in [5.74, 6) is 0. The minimum atomic E-state index is -0.798. The first-order valence-corrected chi connectivity index (χ1v) is 18.9. The van der Waals surface area contributed by atoms with Crippen molar-refractivity contribution in [1.29, 1.82) is 0 Å². The van der Waals surface area contributed by atoms with Crippen LogP contribution in [0.15, 0.2) is 133 Å². The molecule has 0 aromatic heterocycles. The van der Waals surface area contributed by atoms with Gasteiger partial charge in [0, 0.05) is 28.9 Å². The van der Waals surface area contributed by atoms with E-state index in [2.05, 4.69) is 138 Å². The van der Waals surface area contributed by atoms with Gasteiger partial charge in [0.15, 0.2) is 0 Å². The van der Waals surface area contributed by atoms with Crippen molar-refractivity contribution in [3.63, 3.8) is 0 Å². The van der Waals surface area contributed by atoms with Crippen LogP contribution in [-0.2, 0) is 0 Å². The predicted molar refractivity (Wildman–Crippen MR) is 202 cm³/mol. The highest BCUT2D eigenvalue weighted by Crippen LogP contribution is 2.48. The fraction of sp³-hybridized carbons (Fsp3) is 0.273. The number of rotatable bonds is 7. The monoisotopic (exact) mass is 617 g/mol. The normalized spacial score (nSPS) is 16.3. The summed E-state index contributed by atoms with van der Waals surface area (Å²) in [6.07, 6.45) is 13.4. The Bertz CT molecular complexity index is 1860. The maximum Gasteiger partial charge on any atom is 0.0457 e. The molecule has 1 nitrogen and oxygen atoms in total. The first-order chi connectivity index (χ1) is 22.9. The van der Waals surface area contributed by atoms with Gasteiger partial charge in [0.2, 0.25) is 0 Å². The van der Waals surface area contributed by atoms with E-state index in [0.29, 0.717) is 12.1 Å². The Hall–Kier alpha value is -3.93. The van der Waals surface area contributed by atoms with Crippen molar-refractivity contribution in [2.45, 2.75) is 76.3 Å². The molecule has 2 aliphatic carbocycles. The SMILES string of the molecule is c1ccc(P(c2ccccc2)c2ccc3ccccc3c2-c2c(N(C3CCCCC3)C3CCCCC3)ccc3ccccc23)cc1. The fourth-order valence-corrected chi connectivity index (χ4v) is 10.9. The molecular weight excluding hydrogens is 573 g/mol. The highest BCUT2D eigenvalue weighted by Gasteiger charge is 2.33. The summed E-state index contributed by atoms with van der Waals surface area (Å²) < 4.78 is 0. The smallest absolute Gasteiger partial charge is 0.0457 e. The lowest BCUT2D eigenvalue weighted by atomic mass is 9.85. The number of anilines is 1. The number of hydrogen-bond donors (Lipinski definition) is 0. The van der Waals surface area contributed by atoms with Gasteiger partial charge in [0.25, 0.3) is 0 Å². The van der Waals surface area contributed by atoms with Crippen LogP contribution in [0.3, 0.4) is 0 Å². The van der Waals surface area contributed by atoms with Gasteiger partial charge in [-0.2, -0.15) is 0 Å². The van der Waals surface area contributed by atoms with E-state index in [-0.39, 0.29) is 0 Å². The van der Waals surface area contributed by atoms with Crippen molar-refractivity contribution in [1.82, 2.24) is 0 Å². The van der Waals surface area contributed by atoms with Gasteiger partial charge in [0.1, 0.15) is 0 Å². The molecule has 0 spiro atoms. The summed E-state index contributed by atoms with van der Waals surface area (Å²) in [5, 5.41) is 9.65. The molecule has 0 N–H and O–H groups in total. The van der Waals surface area contributed by atoms with Crippen molar-refractivity contribution in [2.24, 2.45) is 0 Å².